The number of aromatic amines is 1. The molecule has 3 rings (SSSR count). The molecule has 0 spiro atoms. The van der Waals surface area contributed by atoms with Crippen molar-refractivity contribution in [1.82, 2.24) is 29.9 Å². The molecule has 0 saturated heterocycles. The maximum atomic E-state index is 12.6. The Labute approximate surface area is 126 Å². The Morgan fingerprint density at radius 3 is 2.78 bits per heavy atom. The van der Waals surface area contributed by atoms with Gasteiger partial charge in [0.1, 0.15) is 5.69 Å². The highest BCUT2D eigenvalue weighted by atomic mass is 19.4. The van der Waals surface area contributed by atoms with E-state index in [-0.39, 0.29) is 35.1 Å². The van der Waals surface area contributed by atoms with Crippen LogP contribution in [-0.4, -0.2) is 29.9 Å². The highest BCUT2D eigenvalue weighted by molar-refractivity contribution is 5.46. The van der Waals surface area contributed by atoms with Crippen LogP contribution in [0.5, 0.6) is 0 Å². The van der Waals surface area contributed by atoms with Crippen LogP contribution < -0.4 is 5.56 Å². The molecular formula is C12H9F3N6O2. The molecule has 0 aromatic carbocycles. The van der Waals surface area contributed by atoms with Gasteiger partial charge in [-0.3, -0.25) is 9.48 Å². The molecule has 3 aromatic rings. The van der Waals surface area contributed by atoms with Crippen LogP contribution >= 0.6 is 0 Å². The summed E-state index contributed by atoms with van der Waals surface area (Å²) in [7, 11) is 1.39. The van der Waals surface area contributed by atoms with Crippen molar-refractivity contribution in [2.24, 2.45) is 7.05 Å². The van der Waals surface area contributed by atoms with E-state index in [1.54, 1.807) is 0 Å². The lowest BCUT2D eigenvalue weighted by atomic mass is 10.2. The minimum absolute atomic E-state index is 0.0320. The summed E-state index contributed by atoms with van der Waals surface area (Å²) in [5.74, 6) is 0.156. The smallest absolute Gasteiger partial charge is 0.338 e. The first-order chi connectivity index (χ1) is 10.8. The maximum absolute atomic E-state index is 12.6. The maximum Gasteiger partial charge on any atom is 0.435 e. The average Bonchev–Trinajstić information content (AvgIpc) is 3.07. The molecule has 8 nitrogen and oxygen atoms in total. The summed E-state index contributed by atoms with van der Waals surface area (Å²) in [6.07, 6.45) is -3.37. The van der Waals surface area contributed by atoms with E-state index in [1.807, 2.05) is 0 Å². The number of hydrogen-bond donors (Lipinski definition) is 1. The third-order valence-electron chi connectivity index (χ3n) is 2.97. The van der Waals surface area contributed by atoms with Crippen LogP contribution in [0.4, 0.5) is 13.2 Å². The van der Waals surface area contributed by atoms with E-state index >= 15 is 0 Å². The average molecular weight is 326 g/mol. The molecule has 0 radical (unpaired) electrons. The van der Waals surface area contributed by atoms with Gasteiger partial charge < -0.3 is 9.51 Å². The molecule has 0 fully saturated rings. The fraction of sp³-hybridized carbons (Fsp3) is 0.250. The number of hydrogen-bond acceptors (Lipinski definition) is 6. The molecular weight excluding hydrogens is 317 g/mol. The molecule has 0 unspecified atom stereocenters. The summed E-state index contributed by atoms with van der Waals surface area (Å²) in [5, 5.41) is 7.05. The molecule has 120 valence electrons. The molecule has 11 heteroatoms. The summed E-state index contributed by atoms with van der Waals surface area (Å²) in [6.45, 7) is 0. The second kappa shape index (κ2) is 5.34. The highest BCUT2D eigenvalue weighted by Gasteiger charge is 2.34. The lowest BCUT2D eigenvalue weighted by molar-refractivity contribution is -0.141. The zero-order valence-electron chi connectivity index (χ0n) is 11.6. The third-order valence-corrected chi connectivity index (χ3v) is 2.97. The van der Waals surface area contributed by atoms with E-state index in [0.29, 0.717) is 0 Å². The standard InChI is InChI=1S/C12H9F3N6O2/c1-21-6(2-8(19-21)12(13,14)15)3-10-18-11(20-23-10)7-4-9(22)17-5-16-7/h2,4-5H,3H2,1H3,(H,16,17,22). The molecule has 0 saturated carbocycles. The second-order valence-electron chi connectivity index (χ2n) is 4.63. The number of aromatic nitrogens is 6. The number of rotatable bonds is 3. The van der Waals surface area contributed by atoms with Gasteiger partial charge in [-0.25, -0.2) is 4.98 Å². The minimum Gasteiger partial charge on any atom is -0.338 e. The first-order valence-corrected chi connectivity index (χ1v) is 6.31. The number of nitrogens with zero attached hydrogens (tertiary/aromatic N) is 5. The number of alkyl halides is 3. The van der Waals surface area contributed by atoms with Crippen molar-refractivity contribution < 1.29 is 17.7 Å². The number of halogens is 3. The number of H-pyrrole nitrogens is 1. The first kappa shape index (κ1) is 14.9. The summed E-state index contributed by atoms with van der Waals surface area (Å²) in [5.41, 5.74) is -0.926. The van der Waals surface area contributed by atoms with Crippen LogP contribution in [0.1, 0.15) is 17.3 Å². The van der Waals surface area contributed by atoms with Crippen molar-refractivity contribution in [2.75, 3.05) is 0 Å². The predicted molar refractivity (Wildman–Crippen MR) is 69.2 cm³/mol. The molecule has 3 aromatic heterocycles. The van der Waals surface area contributed by atoms with Gasteiger partial charge in [0.2, 0.25) is 11.7 Å². The zero-order valence-corrected chi connectivity index (χ0v) is 11.6. The van der Waals surface area contributed by atoms with Crippen LogP contribution in [-0.2, 0) is 19.6 Å². The number of aryl methyl sites for hydroxylation is 1. The Morgan fingerprint density at radius 1 is 1.35 bits per heavy atom. The Hall–Kier alpha value is -2.98. The summed E-state index contributed by atoms with van der Waals surface area (Å²) in [4.78, 5) is 21.4. The number of nitrogens with one attached hydrogen (secondary N) is 1. The van der Waals surface area contributed by atoms with Crippen LogP contribution in [0.3, 0.4) is 0 Å². The molecule has 0 atom stereocenters. The van der Waals surface area contributed by atoms with Crippen LogP contribution in [0, 0.1) is 0 Å². The Morgan fingerprint density at radius 2 is 2.13 bits per heavy atom. The molecule has 0 aliphatic carbocycles. The van der Waals surface area contributed by atoms with Gasteiger partial charge in [-0.1, -0.05) is 5.16 Å². The molecule has 0 bridgehead atoms. The lowest BCUT2D eigenvalue weighted by Gasteiger charge is -1.99. The van der Waals surface area contributed by atoms with Gasteiger partial charge in [0, 0.05) is 18.8 Å². The van der Waals surface area contributed by atoms with Gasteiger partial charge in [0.05, 0.1) is 12.7 Å². The SMILES string of the molecule is Cn1nc(C(F)(F)F)cc1Cc1nc(-c2cc(=O)[nH]cn2)no1. The summed E-state index contributed by atoms with van der Waals surface area (Å²) >= 11 is 0. The van der Waals surface area contributed by atoms with Crippen molar-refractivity contribution in [3.8, 4) is 11.5 Å². The Balaban J connectivity index is 1.85. The van der Waals surface area contributed by atoms with Crippen molar-refractivity contribution in [3.63, 3.8) is 0 Å². The molecule has 0 aliphatic rings. The Kier molecular flexibility index (Phi) is 3.47. The zero-order chi connectivity index (χ0) is 16.6. The summed E-state index contributed by atoms with van der Waals surface area (Å²) < 4.78 is 43.9. The molecule has 0 aliphatic heterocycles. The molecule has 1 N–H and O–H groups in total. The van der Waals surface area contributed by atoms with Crippen molar-refractivity contribution in [3.05, 3.63) is 46.1 Å². The highest BCUT2D eigenvalue weighted by Crippen LogP contribution is 2.28. The van der Waals surface area contributed by atoms with Gasteiger partial charge in [0.25, 0.3) is 5.56 Å². The van der Waals surface area contributed by atoms with E-state index < -0.39 is 11.9 Å². The van der Waals surface area contributed by atoms with Gasteiger partial charge >= 0.3 is 6.18 Å². The largest absolute Gasteiger partial charge is 0.435 e. The monoisotopic (exact) mass is 326 g/mol. The van der Waals surface area contributed by atoms with E-state index in [9.17, 15) is 18.0 Å². The topological polar surface area (TPSA) is 102 Å². The first-order valence-electron chi connectivity index (χ1n) is 6.31. The molecule has 23 heavy (non-hydrogen) atoms. The quantitative estimate of drug-likeness (QED) is 0.775. The van der Waals surface area contributed by atoms with E-state index in [4.69, 9.17) is 4.52 Å². The van der Waals surface area contributed by atoms with E-state index in [1.165, 1.54) is 19.4 Å². The fourth-order valence-electron chi connectivity index (χ4n) is 1.89. The fourth-order valence-corrected chi connectivity index (χ4v) is 1.89. The van der Waals surface area contributed by atoms with Gasteiger partial charge in [-0.15, -0.1) is 0 Å². The Bertz CT molecular complexity index is 895. The molecule has 3 heterocycles. The van der Waals surface area contributed by atoms with Crippen molar-refractivity contribution in [1.29, 1.82) is 0 Å². The van der Waals surface area contributed by atoms with Crippen LogP contribution in [0.25, 0.3) is 11.5 Å². The van der Waals surface area contributed by atoms with Gasteiger partial charge in [-0.05, 0) is 6.07 Å². The van der Waals surface area contributed by atoms with Gasteiger partial charge in [0.15, 0.2) is 5.69 Å². The predicted octanol–water partition coefficient (Wildman–Crippen LogP) is 1.16. The van der Waals surface area contributed by atoms with E-state index in [0.717, 1.165) is 10.7 Å². The lowest BCUT2D eigenvalue weighted by Crippen LogP contribution is -2.06. The third kappa shape index (κ3) is 3.12. The van der Waals surface area contributed by atoms with Gasteiger partial charge in [-0.2, -0.15) is 23.3 Å². The van der Waals surface area contributed by atoms with E-state index in [2.05, 4.69) is 25.2 Å². The minimum atomic E-state index is -4.52. The van der Waals surface area contributed by atoms with Crippen LogP contribution in [0.2, 0.25) is 0 Å². The normalized spacial score (nSPS) is 11.8. The van der Waals surface area contributed by atoms with Crippen molar-refractivity contribution in [2.45, 2.75) is 12.6 Å². The van der Waals surface area contributed by atoms with Crippen LogP contribution in [0.15, 0.2) is 27.8 Å². The second-order valence-corrected chi connectivity index (χ2v) is 4.63. The molecule has 0 amide bonds. The van der Waals surface area contributed by atoms with Crippen molar-refractivity contribution >= 4 is 0 Å². The summed E-state index contributed by atoms with van der Waals surface area (Å²) in [6, 6.07) is 2.09.